The van der Waals surface area contributed by atoms with Gasteiger partial charge in [0.2, 0.25) is 5.91 Å². The molecular weight excluding hydrogens is 332 g/mol. The van der Waals surface area contributed by atoms with Gasteiger partial charge in [-0.05, 0) is 55.9 Å². The molecule has 6 nitrogen and oxygen atoms in total. The van der Waals surface area contributed by atoms with E-state index < -0.39 is 0 Å². The average Bonchev–Trinajstić information content (AvgIpc) is 3.32. The molecular formula is C20H28N2O4. The zero-order chi connectivity index (χ0) is 18.4. The fraction of sp³-hybridized carbons (Fsp3) is 0.600. The number of nitrogens with one attached hydrogen (secondary N) is 1. The van der Waals surface area contributed by atoms with Gasteiger partial charge in [0, 0.05) is 31.8 Å². The van der Waals surface area contributed by atoms with Gasteiger partial charge in [0.05, 0.1) is 6.10 Å². The molecule has 1 saturated heterocycles. The van der Waals surface area contributed by atoms with Crippen molar-refractivity contribution in [3.8, 4) is 5.75 Å². The van der Waals surface area contributed by atoms with Gasteiger partial charge in [-0.25, -0.2) is 0 Å². The fourth-order valence-corrected chi connectivity index (χ4v) is 3.04. The summed E-state index contributed by atoms with van der Waals surface area (Å²) in [6.07, 6.45) is 5.13. The minimum Gasteiger partial charge on any atom is -0.484 e. The first-order valence-electron chi connectivity index (χ1n) is 9.56. The van der Waals surface area contributed by atoms with Crippen molar-refractivity contribution < 1.29 is 19.1 Å². The molecule has 1 atom stereocenters. The van der Waals surface area contributed by atoms with Crippen LogP contribution in [-0.4, -0.2) is 49.1 Å². The Bertz CT molecular complexity index is 607. The largest absolute Gasteiger partial charge is 0.484 e. The van der Waals surface area contributed by atoms with Crippen LogP contribution >= 0.6 is 0 Å². The van der Waals surface area contributed by atoms with E-state index in [0.29, 0.717) is 24.6 Å². The standard InChI is InChI=1S/C20H28N2O4/c1-2-19(23)21-16-7-9-17(10-8-16)26-14-20(24)22(12-15-5-6-15)13-18-4-3-11-25-18/h7-10,15,18H,2-6,11-14H2,1H3,(H,21,23)/t18-/m0/s1. The zero-order valence-corrected chi connectivity index (χ0v) is 15.4. The maximum Gasteiger partial charge on any atom is 0.260 e. The number of benzene rings is 1. The molecule has 3 rings (SSSR count). The summed E-state index contributed by atoms with van der Waals surface area (Å²) in [4.78, 5) is 25.9. The van der Waals surface area contributed by atoms with Gasteiger partial charge < -0.3 is 19.7 Å². The number of carbonyl (C=O) groups excluding carboxylic acids is 2. The Morgan fingerprint density at radius 3 is 2.58 bits per heavy atom. The second-order valence-electron chi connectivity index (χ2n) is 7.09. The van der Waals surface area contributed by atoms with E-state index >= 15 is 0 Å². The smallest absolute Gasteiger partial charge is 0.260 e. The Hall–Kier alpha value is -2.08. The molecule has 142 valence electrons. The van der Waals surface area contributed by atoms with Crippen LogP contribution in [0.5, 0.6) is 5.75 Å². The van der Waals surface area contributed by atoms with Crippen LogP contribution in [-0.2, 0) is 14.3 Å². The van der Waals surface area contributed by atoms with Gasteiger partial charge in [0.1, 0.15) is 5.75 Å². The molecule has 1 N–H and O–H groups in total. The number of hydrogen-bond acceptors (Lipinski definition) is 4. The monoisotopic (exact) mass is 360 g/mol. The van der Waals surface area contributed by atoms with Crippen molar-refractivity contribution in [3.63, 3.8) is 0 Å². The molecule has 0 spiro atoms. The third-order valence-corrected chi connectivity index (χ3v) is 4.80. The van der Waals surface area contributed by atoms with Gasteiger partial charge in [0.25, 0.3) is 5.91 Å². The third kappa shape index (κ3) is 5.73. The van der Waals surface area contributed by atoms with Gasteiger partial charge in [-0.2, -0.15) is 0 Å². The van der Waals surface area contributed by atoms with Crippen molar-refractivity contribution in [1.82, 2.24) is 4.90 Å². The molecule has 1 aromatic rings. The Labute approximate surface area is 154 Å². The van der Waals surface area contributed by atoms with Gasteiger partial charge in [-0.3, -0.25) is 9.59 Å². The van der Waals surface area contributed by atoms with Crippen LogP contribution in [0.3, 0.4) is 0 Å². The van der Waals surface area contributed by atoms with Gasteiger partial charge in [-0.15, -0.1) is 0 Å². The summed E-state index contributed by atoms with van der Waals surface area (Å²) < 4.78 is 11.3. The molecule has 2 aliphatic rings. The lowest BCUT2D eigenvalue weighted by Crippen LogP contribution is -2.41. The summed E-state index contributed by atoms with van der Waals surface area (Å²) in [5, 5.41) is 2.79. The van der Waals surface area contributed by atoms with Crippen molar-refractivity contribution >= 4 is 17.5 Å². The quantitative estimate of drug-likeness (QED) is 0.735. The van der Waals surface area contributed by atoms with Crippen molar-refractivity contribution in [1.29, 1.82) is 0 Å². The highest BCUT2D eigenvalue weighted by Crippen LogP contribution is 2.30. The molecule has 1 heterocycles. The molecule has 1 saturated carbocycles. The summed E-state index contributed by atoms with van der Waals surface area (Å²) >= 11 is 0. The number of ether oxygens (including phenoxy) is 2. The Morgan fingerprint density at radius 2 is 1.96 bits per heavy atom. The number of rotatable bonds is 9. The van der Waals surface area contributed by atoms with E-state index in [1.165, 1.54) is 12.8 Å². The second kappa shape index (κ2) is 9.03. The molecule has 1 aliphatic carbocycles. The molecule has 0 unspecified atom stereocenters. The van der Waals surface area contributed by atoms with Crippen LogP contribution in [0.25, 0.3) is 0 Å². The summed E-state index contributed by atoms with van der Waals surface area (Å²) in [6, 6.07) is 7.09. The Morgan fingerprint density at radius 1 is 1.19 bits per heavy atom. The van der Waals surface area contributed by atoms with Crippen molar-refractivity contribution in [2.45, 2.75) is 45.1 Å². The highest BCUT2D eigenvalue weighted by atomic mass is 16.5. The van der Waals surface area contributed by atoms with Crippen LogP contribution in [0.4, 0.5) is 5.69 Å². The molecule has 0 bridgehead atoms. The first-order chi connectivity index (χ1) is 12.6. The van der Waals surface area contributed by atoms with Crippen molar-refractivity contribution in [3.05, 3.63) is 24.3 Å². The predicted octanol–water partition coefficient (Wildman–Crippen LogP) is 2.83. The summed E-state index contributed by atoms with van der Waals surface area (Å²) in [5.74, 6) is 1.24. The Kier molecular flexibility index (Phi) is 6.50. The van der Waals surface area contributed by atoms with E-state index in [1.54, 1.807) is 24.3 Å². The van der Waals surface area contributed by atoms with Crippen molar-refractivity contribution in [2.24, 2.45) is 5.92 Å². The van der Waals surface area contributed by atoms with Gasteiger partial charge >= 0.3 is 0 Å². The highest BCUT2D eigenvalue weighted by Gasteiger charge is 2.29. The predicted molar refractivity (Wildman–Crippen MR) is 99.1 cm³/mol. The highest BCUT2D eigenvalue weighted by molar-refractivity contribution is 5.90. The SMILES string of the molecule is CCC(=O)Nc1ccc(OCC(=O)N(CC2CC2)C[C@@H]2CCCO2)cc1. The number of nitrogens with zero attached hydrogens (tertiary/aromatic N) is 1. The number of anilines is 1. The fourth-order valence-electron chi connectivity index (χ4n) is 3.04. The topological polar surface area (TPSA) is 67.9 Å². The molecule has 1 aromatic carbocycles. The zero-order valence-electron chi connectivity index (χ0n) is 15.4. The molecule has 2 amide bonds. The maximum absolute atomic E-state index is 12.6. The minimum absolute atomic E-state index is 0.00997. The average molecular weight is 360 g/mol. The van der Waals surface area contributed by atoms with E-state index in [2.05, 4.69) is 5.32 Å². The first kappa shape index (κ1) is 18.7. The lowest BCUT2D eigenvalue weighted by molar-refractivity contribution is -0.135. The molecule has 1 aliphatic heterocycles. The number of hydrogen-bond donors (Lipinski definition) is 1. The third-order valence-electron chi connectivity index (χ3n) is 4.80. The van der Waals surface area contributed by atoms with Crippen LogP contribution in [0, 0.1) is 5.92 Å². The Balaban J connectivity index is 1.49. The van der Waals surface area contributed by atoms with E-state index in [0.717, 1.165) is 31.7 Å². The van der Waals surface area contributed by atoms with Crippen molar-refractivity contribution in [2.75, 3.05) is 31.6 Å². The lowest BCUT2D eigenvalue weighted by atomic mass is 10.2. The van der Waals surface area contributed by atoms with Crippen LogP contribution in [0.2, 0.25) is 0 Å². The van der Waals surface area contributed by atoms with E-state index in [-0.39, 0.29) is 24.5 Å². The summed E-state index contributed by atoms with van der Waals surface area (Å²) in [6.45, 7) is 4.11. The van der Waals surface area contributed by atoms with E-state index in [9.17, 15) is 9.59 Å². The number of amides is 2. The first-order valence-corrected chi connectivity index (χ1v) is 9.56. The molecule has 0 radical (unpaired) electrons. The van der Waals surface area contributed by atoms with Gasteiger partial charge in [0.15, 0.2) is 6.61 Å². The van der Waals surface area contributed by atoms with E-state index in [4.69, 9.17) is 9.47 Å². The van der Waals surface area contributed by atoms with Crippen LogP contribution < -0.4 is 10.1 Å². The lowest BCUT2D eigenvalue weighted by Gasteiger charge is -2.25. The molecule has 0 aromatic heterocycles. The summed E-state index contributed by atoms with van der Waals surface area (Å²) in [7, 11) is 0. The molecule has 2 fully saturated rings. The van der Waals surface area contributed by atoms with Gasteiger partial charge in [-0.1, -0.05) is 6.92 Å². The van der Waals surface area contributed by atoms with E-state index in [1.807, 2.05) is 11.8 Å². The number of carbonyl (C=O) groups is 2. The minimum atomic E-state index is -0.0290. The molecule has 6 heteroatoms. The molecule has 26 heavy (non-hydrogen) atoms. The normalized spacial score (nSPS) is 19.2. The summed E-state index contributed by atoms with van der Waals surface area (Å²) in [5.41, 5.74) is 0.726. The van der Waals surface area contributed by atoms with Crippen LogP contribution in [0.1, 0.15) is 39.0 Å². The maximum atomic E-state index is 12.6. The second-order valence-corrected chi connectivity index (χ2v) is 7.09. The van der Waals surface area contributed by atoms with Crippen LogP contribution in [0.15, 0.2) is 24.3 Å².